The minimum Gasteiger partial charge on any atom is -0.480 e. The molecule has 1 atom stereocenters. The molecule has 5 nitrogen and oxygen atoms in total. The van der Waals surface area contributed by atoms with Crippen LogP contribution in [0.5, 0.6) is 0 Å². The van der Waals surface area contributed by atoms with Gasteiger partial charge < -0.3 is 15.3 Å². The van der Waals surface area contributed by atoms with Gasteiger partial charge >= 0.3 is 5.97 Å². The van der Waals surface area contributed by atoms with Crippen LogP contribution in [0.3, 0.4) is 0 Å². The standard InChI is InChI=1S/C24H49NO4/c1-5-6-7-8-9-10-11-12-13-14-15-16-17-18-19-20-21-24(28,29)23(2,22(26)27)25(3)4/h28-29H,5-21H2,1-4H3,(H,26,27). The van der Waals surface area contributed by atoms with Crippen LogP contribution < -0.4 is 0 Å². The van der Waals surface area contributed by atoms with Crippen LogP contribution in [-0.2, 0) is 4.79 Å². The molecule has 0 aromatic rings. The van der Waals surface area contributed by atoms with E-state index in [1.165, 1.54) is 95.3 Å². The summed E-state index contributed by atoms with van der Waals surface area (Å²) in [5, 5.41) is 30.1. The summed E-state index contributed by atoms with van der Waals surface area (Å²) >= 11 is 0. The van der Waals surface area contributed by atoms with E-state index in [1.807, 2.05) is 0 Å². The number of nitrogens with zero attached hydrogens (tertiary/aromatic N) is 1. The van der Waals surface area contributed by atoms with Crippen LogP contribution in [0.25, 0.3) is 0 Å². The average Bonchev–Trinajstić information content (AvgIpc) is 2.66. The number of carbonyl (C=O) groups is 1. The Morgan fingerprint density at radius 3 is 1.28 bits per heavy atom. The molecule has 0 aliphatic rings. The van der Waals surface area contributed by atoms with Crippen molar-refractivity contribution in [2.45, 2.75) is 134 Å². The zero-order valence-corrected chi connectivity index (χ0v) is 19.7. The topological polar surface area (TPSA) is 81.0 Å². The Labute approximate surface area is 179 Å². The van der Waals surface area contributed by atoms with E-state index in [0.717, 1.165) is 12.8 Å². The molecule has 0 radical (unpaired) electrons. The molecule has 0 aliphatic heterocycles. The summed E-state index contributed by atoms with van der Waals surface area (Å²) < 4.78 is 0. The number of hydrogen-bond acceptors (Lipinski definition) is 4. The van der Waals surface area contributed by atoms with Crippen molar-refractivity contribution >= 4 is 5.97 Å². The SMILES string of the molecule is CCCCCCCCCCCCCCCCCCC(O)(O)C(C)(C(=O)O)N(C)C. The van der Waals surface area contributed by atoms with Crippen LogP contribution in [0.1, 0.15) is 123 Å². The summed E-state index contributed by atoms with van der Waals surface area (Å²) in [6.45, 7) is 3.62. The predicted octanol–water partition coefficient (Wildman–Crippen LogP) is 5.72. The van der Waals surface area contributed by atoms with Crippen molar-refractivity contribution in [3.8, 4) is 0 Å². The molecule has 3 N–H and O–H groups in total. The Morgan fingerprint density at radius 2 is 1.00 bits per heavy atom. The van der Waals surface area contributed by atoms with Crippen molar-refractivity contribution in [1.29, 1.82) is 0 Å². The fraction of sp³-hybridized carbons (Fsp3) is 0.958. The van der Waals surface area contributed by atoms with Gasteiger partial charge in [-0.05, 0) is 27.4 Å². The second kappa shape index (κ2) is 16.1. The van der Waals surface area contributed by atoms with E-state index in [-0.39, 0.29) is 6.42 Å². The van der Waals surface area contributed by atoms with E-state index in [1.54, 1.807) is 14.1 Å². The van der Waals surface area contributed by atoms with E-state index in [2.05, 4.69) is 6.92 Å². The number of aliphatic carboxylic acids is 1. The lowest BCUT2D eigenvalue weighted by atomic mass is 9.85. The van der Waals surface area contributed by atoms with Gasteiger partial charge in [0.1, 0.15) is 0 Å². The Hall–Kier alpha value is -0.650. The van der Waals surface area contributed by atoms with Crippen LogP contribution in [0, 0.1) is 0 Å². The van der Waals surface area contributed by atoms with Gasteiger partial charge in [-0.15, -0.1) is 0 Å². The van der Waals surface area contributed by atoms with E-state index in [9.17, 15) is 20.1 Å². The number of unbranched alkanes of at least 4 members (excludes halogenated alkanes) is 15. The van der Waals surface area contributed by atoms with Crippen LogP contribution in [0.4, 0.5) is 0 Å². The fourth-order valence-electron chi connectivity index (χ4n) is 3.88. The van der Waals surface area contributed by atoms with Crippen molar-refractivity contribution in [2.24, 2.45) is 0 Å². The van der Waals surface area contributed by atoms with Crippen LogP contribution >= 0.6 is 0 Å². The van der Waals surface area contributed by atoms with Crippen molar-refractivity contribution in [2.75, 3.05) is 14.1 Å². The van der Waals surface area contributed by atoms with Gasteiger partial charge in [-0.25, -0.2) is 4.79 Å². The lowest BCUT2D eigenvalue weighted by Crippen LogP contribution is -2.65. The molecule has 0 aliphatic carbocycles. The van der Waals surface area contributed by atoms with E-state index >= 15 is 0 Å². The van der Waals surface area contributed by atoms with Crippen molar-refractivity contribution in [1.82, 2.24) is 4.90 Å². The van der Waals surface area contributed by atoms with Crippen LogP contribution in [0.15, 0.2) is 0 Å². The molecule has 5 heteroatoms. The third-order valence-corrected chi connectivity index (χ3v) is 6.47. The summed E-state index contributed by atoms with van der Waals surface area (Å²) in [4.78, 5) is 12.9. The Bertz CT molecular complexity index is 412. The molecule has 174 valence electrons. The first-order valence-corrected chi connectivity index (χ1v) is 12.1. The molecule has 0 rings (SSSR count). The number of aliphatic hydroxyl groups is 2. The quantitative estimate of drug-likeness (QED) is 0.175. The monoisotopic (exact) mass is 415 g/mol. The van der Waals surface area contributed by atoms with Gasteiger partial charge in [0.2, 0.25) is 0 Å². The van der Waals surface area contributed by atoms with Crippen molar-refractivity contribution in [3.63, 3.8) is 0 Å². The molecule has 0 heterocycles. The zero-order valence-electron chi connectivity index (χ0n) is 19.7. The number of hydrogen-bond donors (Lipinski definition) is 3. The predicted molar refractivity (Wildman–Crippen MR) is 121 cm³/mol. The van der Waals surface area contributed by atoms with Crippen LogP contribution in [-0.4, -0.2) is 51.6 Å². The maximum atomic E-state index is 11.5. The Kier molecular flexibility index (Phi) is 15.7. The molecule has 0 bridgehead atoms. The lowest BCUT2D eigenvalue weighted by Gasteiger charge is -2.42. The first-order valence-electron chi connectivity index (χ1n) is 12.1. The molecule has 0 aromatic carbocycles. The average molecular weight is 416 g/mol. The van der Waals surface area contributed by atoms with E-state index in [0.29, 0.717) is 6.42 Å². The van der Waals surface area contributed by atoms with Crippen LogP contribution in [0.2, 0.25) is 0 Å². The molecule has 1 unspecified atom stereocenters. The molecule has 0 fully saturated rings. The largest absolute Gasteiger partial charge is 0.480 e. The smallest absolute Gasteiger partial charge is 0.329 e. The minimum absolute atomic E-state index is 0.0758. The molecular formula is C24H49NO4. The van der Waals surface area contributed by atoms with Gasteiger partial charge in [-0.1, -0.05) is 103 Å². The Balaban J connectivity index is 3.61. The highest BCUT2D eigenvalue weighted by Gasteiger charge is 2.53. The van der Waals surface area contributed by atoms with Crippen molar-refractivity contribution < 1.29 is 20.1 Å². The van der Waals surface area contributed by atoms with Gasteiger partial charge in [-0.2, -0.15) is 0 Å². The van der Waals surface area contributed by atoms with Gasteiger partial charge in [0.25, 0.3) is 0 Å². The molecule has 0 saturated carbocycles. The number of carboxylic acids is 1. The zero-order chi connectivity index (χ0) is 22.2. The molecule has 0 amide bonds. The molecule has 0 aromatic heterocycles. The molecule has 0 spiro atoms. The highest BCUT2D eigenvalue weighted by Crippen LogP contribution is 2.30. The minimum atomic E-state index is -2.24. The first-order chi connectivity index (χ1) is 13.7. The van der Waals surface area contributed by atoms with Crippen molar-refractivity contribution in [3.05, 3.63) is 0 Å². The highest BCUT2D eigenvalue weighted by molar-refractivity contribution is 5.79. The summed E-state index contributed by atoms with van der Waals surface area (Å²) in [7, 11) is 3.12. The summed E-state index contributed by atoms with van der Waals surface area (Å²) in [6, 6.07) is 0. The molecular weight excluding hydrogens is 366 g/mol. The van der Waals surface area contributed by atoms with Gasteiger partial charge in [0.05, 0.1) is 0 Å². The number of likely N-dealkylation sites (N-methyl/N-ethyl adjacent to an activating group) is 1. The number of carboxylic acid groups (broad SMARTS) is 1. The summed E-state index contributed by atoms with van der Waals surface area (Å²) in [6.07, 6.45) is 20.1. The summed E-state index contributed by atoms with van der Waals surface area (Å²) in [5.74, 6) is -3.46. The second-order valence-electron chi connectivity index (χ2n) is 9.14. The van der Waals surface area contributed by atoms with E-state index in [4.69, 9.17) is 0 Å². The third kappa shape index (κ3) is 11.4. The molecule has 29 heavy (non-hydrogen) atoms. The first kappa shape index (κ1) is 28.4. The maximum Gasteiger partial charge on any atom is 0.329 e. The van der Waals surface area contributed by atoms with E-state index < -0.39 is 17.3 Å². The third-order valence-electron chi connectivity index (χ3n) is 6.47. The molecule has 0 saturated heterocycles. The maximum absolute atomic E-state index is 11.5. The Morgan fingerprint density at radius 1 is 0.690 bits per heavy atom. The van der Waals surface area contributed by atoms with Gasteiger partial charge in [0.15, 0.2) is 11.3 Å². The fourth-order valence-corrected chi connectivity index (χ4v) is 3.88. The lowest BCUT2D eigenvalue weighted by molar-refractivity contribution is -0.245. The summed E-state index contributed by atoms with van der Waals surface area (Å²) in [5.41, 5.74) is -1.71. The second-order valence-corrected chi connectivity index (χ2v) is 9.14. The highest BCUT2D eigenvalue weighted by atomic mass is 16.5. The number of rotatable bonds is 20. The van der Waals surface area contributed by atoms with Gasteiger partial charge in [-0.3, -0.25) is 4.90 Å². The normalized spacial score (nSPS) is 14.3. The van der Waals surface area contributed by atoms with Gasteiger partial charge in [0, 0.05) is 6.42 Å².